The molecule has 2 atom stereocenters. The summed E-state index contributed by atoms with van der Waals surface area (Å²) in [5.41, 5.74) is 2.69. The molecule has 0 aromatic heterocycles. The van der Waals surface area contributed by atoms with Gasteiger partial charge in [0.05, 0.1) is 13.2 Å². The average Bonchev–Trinajstić information content (AvgIpc) is 2.83. The number of anilines is 1. The van der Waals surface area contributed by atoms with Crippen molar-refractivity contribution in [3.8, 4) is 0 Å². The molecule has 1 aliphatic rings. The van der Waals surface area contributed by atoms with Crippen molar-refractivity contribution in [3.05, 3.63) is 64.7 Å². The summed E-state index contributed by atoms with van der Waals surface area (Å²) in [6.45, 7) is 7.75. The van der Waals surface area contributed by atoms with Gasteiger partial charge in [-0.1, -0.05) is 44.0 Å². The summed E-state index contributed by atoms with van der Waals surface area (Å²) in [7, 11) is 1.78. The summed E-state index contributed by atoms with van der Waals surface area (Å²) in [6, 6.07) is 14.4. The largest absolute Gasteiger partial charge is 0.378 e. The van der Waals surface area contributed by atoms with Gasteiger partial charge >= 0.3 is 0 Å². The highest BCUT2D eigenvalue weighted by atomic mass is 35.5. The zero-order valence-electron chi connectivity index (χ0n) is 19.0. The van der Waals surface area contributed by atoms with Crippen LogP contribution in [0, 0.1) is 5.92 Å². The van der Waals surface area contributed by atoms with Crippen molar-refractivity contribution < 1.29 is 14.3 Å². The number of nitrogens with one attached hydrogen (secondary N) is 1. The first-order chi connectivity index (χ1) is 15.4. The van der Waals surface area contributed by atoms with E-state index in [4.69, 9.17) is 16.3 Å². The van der Waals surface area contributed by atoms with Gasteiger partial charge in [0.15, 0.2) is 0 Å². The van der Waals surface area contributed by atoms with Gasteiger partial charge < -0.3 is 19.9 Å². The molecule has 7 heteroatoms. The molecular weight excluding hydrogens is 426 g/mol. The predicted molar refractivity (Wildman–Crippen MR) is 128 cm³/mol. The van der Waals surface area contributed by atoms with Crippen LogP contribution in [0.4, 0.5) is 5.69 Å². The Hall–Kier alpha value is -2.57. The number of nitrogens with zero attached hydrogens (tertiary/aromatic N) is 2. The van der Waals surface area contributed by atoms with Crippen LogP contribution in [0.3, 0.4) is 0 Å². The summed E-state index contributed by atoms with van der Waals surface area (Å²) >= 11 is 5.92. The molecule has 0 radical (unpaired) electrons. The monoisotopic (exact) mass is 457 g/mol. The summed E-state index contributed by atoms with van der Waals surface area (Å²) in [5, 5.41) is 3.50. The number of carbonyl (C=O) groups excluding carboxylic acids is 2. The van der Waals surface area contributed by atoms with Gasteiger partial charge in [-0.05, 0) is 47.9 Å². The smallest absolute Gasteiger partial charge is 0.251 e. The zero-order chi connectivity index (χ0) is 23.1. The Morgan fingerprint density at radius 3 is 2.31 bits per heavy atom. The Balaban J connectivity index is 1.64. The van der Waals surface area contributed by atoms with Crippen LogP contribution in [-0.4, -0.2) is 56.1 Å². The van der Waals surface area contributed by atoms with E-state index in [0.717, 1.165) is 38.3 Å². The third-order valence-corrected chi connectivity index (χ3v) is 6.23. The Kier molecular flexibility index (Phi) is 8.53. The molecule has 0 spiro atoms. The van der Waals surface area contributed by atoms with Crippen molar-refractivity contribution in [1.29, 1.82) is 0 Å². The first-order valence-electron chi connectivity index (χ1n) is 11.1. The van der Waals surface area contributed by atoms with Gasteiger partial charge in [0.1, 0.15) is 6.04 Å². The summed E-state index contributed by atoms with van der Waals surface area (Å²) < 4.78 is 5.41. The van der Waals surface area contributed by atoms with Crippen molar-refractivity contribution in [2.75, 3.05) is 38.3 Å². The Bertz CT molecular complexity index is 896. The second-order valence-corrected chi connectivity index (χ2v) is 8.74. The van der Waals surface area contributed by atoms with Gasteiger partial charge in [0.2, 0.25) is 5.91 Å². The first kappa shape index (κ1) is 24.1. The van der Waals surface area contributed by atoms with Crippen LogP contribution in [0.15, 0.2) is 48.5 Å². The maximum atomic E-state index is 13.3. The summed E-state index contributed by atoms with van der Waals surface area (Å²) in [6.07, 6.45) is 0.777. The molecule has 3 rings (SSSR count). The minimum Gasteiger partial charge on any atom is -0.378 e. The number of halogens is 1. The quantitative estimate of drug-likeness (QED) is 0.651. The van der Waals surface area contributed by atoms with Crippen LogP contribution < -0.4 is 10.2 Å². The molecule has 2 aromatic carbocycles. The lowest BCUT2D eigenvalue weighted by molar-refractivity contribution is -0.133. The number of benzene rings is 2. The number of hydrogen-bond donors (Lipinski definition) is 1. The molecular formula is C25H32ClN3O3. The summed E-state index contributed by atoms with van der Waals surface area (Å²) in [4.78, 5) is 30.0. The van der Waals surface area contributed by atoms with E-state index in [1.165, 1.54) is 5.69 Å². The molecule has 1 N–H and O–H groups in total. The highest BCUT2D eigenvalue weighted by Crippen LogP contribution is 2.19. The van der Waals surface area contributed by atoms with E-state index in [9.17, 15) is 9.59 Å². The molecule has 6 nitrogen and oxygen atoms in total. The molecule has 0 aliphatic carbocycles. The van der Waals surface area contributed by atoms with Gasteiger partial charge in [-0.25, -0.2) is 0 Å². The van der Waals surface area contributed by atoms with Crippen molar-refractivity contribution in [2.45, 2.75) is 32.9 Å². The van der Waals surface area contributed by atoms with Crippen molar-refractivity contribution in [3.63, 3.8) is 0 Å². The molecule has 0 unspecified atom stereocenters. The molecule has 2 amide bonds. The topological polar surface area (TPSA) is 61.9 Å². The Morgan fingerprint density at radius 1 is 1.09 bits per heavy atom. The number of carbonyl (C=O) groups is 2. The van der Waals surface area contributed by atoms with Crippen LogP contribution in [0.1, 0.15) is 36.2 Å². The fourth-order valence-electron chi connectivity index (χ4n) is 3.73. The molecule has 0 bridgehead atoms. The van der Waals surface area contributed by atoms with Crippen molar-refractivity contribution in [1.82, 2.24) is 10.2 Å². The molecule has 32 heavy (non-hydrogen) atoms. The van der Waals surface area contributed by atoms with E-state index in [1.807, 2.05) is 13.8 Å². The molecule has 0 saturated carbocycles. The number of ether oxygens (including phenoxy) is 1. The Labute approximate surface area is 195 Å². The molecule has 1 saturated heterocycles. The minimum absolute atomic E-state index is 0.00453. The SMILES string of the molecule is CC[C@H](C)[C@H](NC(=O)c1ccc(Cl)cc1)C(=O)N(C)Cc1ccc(N2CCOCC2)cc1. The highest BCUT2D eigenvalue weighted by Gasteiger charge is 2.29. The number of amides is 2. The lowest BCUT2D eigenvalue weighted by Gasteiger charge is -2.30. The van der Waals surface area contributed by atoms with Crippen LogP contribution in [0.2, 0.25) is 5.02 Å². The van der Waals surface area contributed by atoms with Gasteiger partial charge in [0.25, 0.3) is 5.91 Å². The molecule has 1 aliphatic heterocycles. The zero-order valence-corrected chi connectivity index (χ0v) is 19.8. The standard InChI is InChI=1S/C25H32ClN3O3/c1-4-18(2)23(27-24(30)20-7-9-21(26)10-8-20)25(31)28(3)17-19-5-11-22(12-6-19)29-13-15-32-16-14-29/h5-12,18,23H,4,13-17H2,1-3H3,(H,27,30)/t18-,23-/m0/s1. The number of likely N-dealkylation sites (N-methyl/N-ethyl adjacent to an activating group) is 1. The average molecular weight is 458 g/mol. The normalized spacial score (nSPS) is 15.7. The lowest BCUT2D eigenvalue weighted by atomic mass is 9.97. The summed E-state index contributed by atoms with van der Waals surface area (Å²) in [5.74, 6) is -0.368. The maximum Gasteiger partial charge on any atom is 0.251 e. The van der Waals surface area contributed by atoms with E-state index in [0.29, 0.717) is 17.1 Å². The van der Waals surface area contributed by atoms with Gasteiger partial charge in [-0.3, -0.25) is 9.59 Å². The van der Waals surface area contributed by atoms with Crippen LogP contribution in [-0.2, 0) is 16.1 Å². The third-order valence-electron chi connectivity index (χ3n) is 5.98. The predicted octanol–water partition coefficient (Wildman–Crippen LogP) is 3.98. The highest BCUT2D eigenvalue weighted by molar-refractivity contribution is 6.30. The van der Waals surface area contributed by atoms with E-state index < -0.39 is 6.04 Å². The van der Waals surface area contributed by atoms with Crippen molar-refractivity contribution in [2.24, 2.45) is 5.92 Å². The molecule has 2 aromatic rings. The molecule has 172 valence electrons. The Morgan fingerprint density at radius 2 is 1.72 bits per heavy atom. The molecule has 1 heterocycles. The van der Waals surface area contributed by atoms with Gasteiger partial charge in [-0.15, -0.1) is 0 Å². The van der Waals surface area contributed by atoms with Crippen LogP contribution >= 0.6 is 11.6 Å². The second-order valence-electron chi connectivity index (χ2n) is 8.30. The maximum absolute atomic E-state index is 13.3. The number of hydrogen-bond acceptors (Lipinski definition) is 4. The van der Waals surface area contributed by atoms with E-state index in [2.05, 4.69) is 34.5 Å². The minimum atomic E-state index is -0.596. The van der Waals surface area contributed by atoms with Crippen LogP contribution in [0.5, 0.6) is 0 Å². The van der Waals surface area contributed by atoms with E-state index >= 15 is 0 Å². The van der Waals surface area contributed by atoms with Gasteiger partial charge in [-0.2, -0.15) is 0 Å². The second kappa shape index (κ2) is 11.3. The first-order valence-corrected chi connectivity index (χ1v) is 11.5. The number of morpholine rings is 1. The lowest BCUT2D eigenvalue weighted by Crippen LogP contribution is -2.50. The number of rotatable bonds is 8. The van der Waals surface area contributed by atoms with Crippen molar-refractivity contribution >= 4 is 29.1 Å². The van der Waals surface area contributed by atoms with Crippen LogP contribution in [0.25, 0.3) is 0 Å². The van der Waals surface area contributed by atoms with Gasteiger partial charge in [0, 0.05) is 43.0 Å². The van der Waals surface area contributed by atoms with E-state index in [-0.39, 0.29) is 17.7 Å². The fraction of sp³-hybridized carbons (Fsp3) is 0.440. The molecule has 1 fully saturated rings. The third kappa shape index (κ3) is 6.24. The fourth-order valence-corrected chi connectivity index (χ4v) is 3.86. The van der Waals surface area contributed by atoms with E-state index in [1.54, 1.807) is 36.2 Å².